The predicted octanol–water partition coefficient (Wildman–Crippen LogP) is 1.75. The van der Waals surface area contributed by atoms with Gasteiger partial charge in [0.25, 0.3) is 0 Å². The second kappa shape index (κ2) is 8.12. The molecule has 108 valence electrons. The zero-order valence-electron chi connectivity index (χ0n) is 11.7. The van der Waals surface area contributed by atoms with Gasteiger partial charge in [-0.15, -0.1) is 0 Å². The van der Waals surface area contributed by atoms with Crippen molar-refractivity contribution in [2.45, 2.75) is 57.6 Å². The van der Waals surface area contributed by atoms with Crippen molar-refractivity contribution in [1.82, 2.24) is 5.32 Å². The van der Waals surface area contributed by atoms with E-state index in [2.05, 4.69) is 12.2 Å². The highest BCUT2D eigenvalue weighted by atomic mass is 32.2. The lowest BCUT2D eigenvalue weighted by Crippen LogP contribution is -2.36. The summed E-state index contributed by atoms with van der Waals surface area (Å²) >= 11 is 0. The Kier molecular flexibility index (Phi) is 7.19. The number of nitrogens with one attached hydrogen (secondary N) is 1. The molecule has 1 rings (SSSR count). The topological polar surface area (TPSA) is 55.4 Å². The highest BCUT2D eigenvalue weighted by Gasteiger charge is 2.18. The van der Waals surface area contributed by atoms with Gasteiger partial charge in [-0.2, -0.15) is 0 Å². The fraction of sp³-hybridized carbons (Fsp3) is 1.00. The van der Waals surface area contributed by atoms with E-state index in [4.69, 9.17) is 4.74 Å². The van der Waals surface area contributed by atoms with Crippen LogP contribution in [0.5, 0.6) is 0 Å². The quantitative estimate of drug-likeness (QED) is 0.697. The summed E-state index contributed by atoms with van der Waals surface area (Å²) in [5.41, 5.74) is 0. The first-order chi connectivity index (χ1) is 8.51. The molecule has 0 spiro atoms. The van der Waals surface area contributed by atoms with Crippen molar-refractivity contribution in [3.63, 3.8) is 0 Å². The van der Waals surface area contributed by atoms with E-state index in [0.717, 1.165) is 38.8 Å². The molecule has 1 N–H and O–H groups in total. The van der Waals surface area contributed by atoms with Crippen LogP contribution in [0.1, 0.15) is 45.4 Å². The molecule has 4 nitrogen and oxygen atoms in total. The van der Waals surface area contributed by atoms with Crippen LogP contribution in [0.15, 0.2) is 0 Å². The Hall–Kier alpha value is -0.130. The lowest BCUT2D eigenvalue weighted by atomic mass is 10.1. The summed E-state index contributed by atoms with van der Waals surface area (Å²) in [6, 6.07) is 0.0985. The van der Waals surface area contributed by atoms with Crippen LogP contribution in [0.4, 0.5) is 0 Å². The maximum Gasteiger partial charge on any atom is 0.148 e. The monoisotopic (exact) mass is 277 g/mol. The third-order valence-electron chi connectivity index (χ3n) is 3.29. The minimum atomic E-state index is -2.90. The fourth-order valence-corrected chi connectivity index (χ4v) is 3.44. The molecule has 0 aromatic rings. The molecule has 2 atom stereocenters. The second-order valence-electron chi connectivity index (χ2n) is 5.31. The lowest BCUT2D eigenvalue weighted by molar-refractivity contribution is 0.101. The van der Waals surface area contributed by atoms with Crippen LogP contribution in [0.25, 0.3) is 0 Å². The molecule has 1 aliphatic rings. The van der Waals surface area contributed by atoms with Gasteiger partial charge < -0.3 is 10.1 Å². The van der Waals surface area contributed by atoms with E-state index in [1.165, 1.54) is 19.1 Å². The Morgan fingerprint density at radius 2 is 2.22 bits per heavy atom. The van der Waals surface area contributed by atoms with Crippen molar-refractivity contribution < 1.29 is 13.2 Å². The van der Waals surface area contributed by atoms with E-state index in [-0.39, 0.29) is 11.8 Å². The Labute approximate surface area is 111 Å². The Morgan fingerprint density at radius 1 is 1.44 bits per heavy atom. The van der Waals surface area contributed by atoms with Crippen LogP contribution in [0.2, 0.25) is 0 Å². The lowest BCUT2D eigenvalue weighted by Gasteiger charge is -2.18. The second-order valence-corrected chi connectivity index (χ2v) is 7.49. The number of hydrogen-bond acceptors (Lipinski definition) is 4. The molecule has 2 unspecified atom stereocenters. The van der Waals surface area contributed by atoms with E-state index < -0.39 is 9.84 Å². The average molecular weight is 277 g/mol. The van der Waals surface area contributed by atoms with Crippen LogP contribution >= 0.6 is 0 Å². The highest BCUT2D eigenvalue weighted by Crippen LogP contribution is 2.18. The molecule has 5 heteroatoms. The van der Waals surface area contributed by atoms with Crippen molar-refractivity contribution in [2.75, 3.05) is 25.2 Å². The normalized spacial score (nSPS) is 22.2. The molecule has 0 aliphatic carbocycles. The molecular formula is C13H27NO3S. The van der Waals surface area contributed by atoms with E-state index in [9.17, 15) is 8.42 Å². The van der Waals surface area contributed by atoms with Gasteiger partial charge >= 0.3 is 0 Å². The van der Waals surface area contributed by atoms with Crippen molar-refractivity contribution in [3.8, 4) is 0 Å². The van der Waals surface area contributed by atoms with Crippen molar-refractivity contribution in [3.05, 3.63) is 0 Å². The number of rotatable bonds is 9. The molecule has 0 aromatic carbocycles. The Morgan fingerprint density at radius 3 is 2.78 bits per heavy atom. The van der Waals surface area contributed by atoms with Crippen molar-refractivity contribution in [1.29, 1.82) is 0 Å². The first kappa shape index (κ1) is 15.9. The largest absolute Gasteiger partial charge is 0.378 e. The van der Waals surface area contributed by atoms with Crippen LogP contribution in [0, 0.1) is 0 Å². The number of hydrogen-bond donors (Lipinski definition) is 1. The first-order valence-corrected chi connectivity index (χ1v) is 9.10. The standard InChI is InChI=1S/C13H27NO3S/c1-3-9-14-12(11-18(2,15)16)6-4-7-13-8-5-10-17-13/h12-14H,3-11H2,1-2H3. The summed E-state index contributed by atoms with van der Waals surface area (Å²) in [5.74, 6) is 0.249. The summed E-state index contributed by atoms with van der Waals surface area (Å²) in [6.07, 6.45) is 8.13. The molecule has 1 fully saturated rings. The average Bonchev–Trinajstić information content (AvgIpc) is 2.76. The van der Waals surface area contributed by atoms with Gasteiger partial charge in [-0.1, -0.05) is 6.92 Å². The molecule has 0 saturated carbocycles. The number of sulfone groups is 1. The van der Waals surface area contributed by atoms with Crippen LogP contribution in [0.3, 0.4) is 0 Å². The number of ether oxygens (including phenoxy) is 1. The molecule has 0 amide bonds. The molecule has 18 heavy (non-hydrogen) atoms. The van der Waals surface area contributed by atoms with Gasteiger partial charge in [-0.05, 0) is 45.1 Å². The molecule has 1 saturated heterocycles. The minimum Gasteiger partial charge on any atom is -0.378 e. The fourth-order valence-electron chi connectivity index (χ4n) is 2.42. The third kappa shape index (κ3) is 7.34. The SMILES string of the molecule is CCCNC(CCCC1CCCO1)CS(C)(=O)=O. The summed E-state index contributed by atoms with van der Waals surface area (Å²) in [7, 11) is -2.90. The van der Waals surface area contributed by atoms with Gasteiger partial charge in [-0.3, -0.25) is 0 Å². The van der Waals surface area contributed by atoms with Crippen molar-refractivity contribution >= 4 is 9.84 Å². The van der Waals surface area contributed by atoms with Gasteiger partial charge in [0.1, 0.15) is 9.84 Å². The van der Waals surface area contributed by atoms with Crippen LogP contribution in [-0.4, -0.2) is 45.7 Å². The summed E-state index contributed by atoms with van der Waals surface area (Å²) < 4.78 is 28.3. The van der Waals surface area contributed by atoms with Crippen LogP contribution < -0.4 is 5.32 Å². The molecular weight excluding hydrogens is 250 g/mol. The predicted molar refractivity (Wildman–Crippen MR) is 74.6 cm³/mol. The van der Waals surface area contributed by atoms with Gasteiger partial charge in [0.15, 0.2) is 0 Å². The zero-order valence-corrected chi connectivity index (χ0v) is 12.5. The molecule has 0 radical (unpaired) electrons. The maximum absolute atomic E-state index is 11.4. The molecule has 0 bridgehead atoms. The van der Waals surface area contributed by atoms with Crippen molar-refractivity contribution in [2.24, 2.45) is 0 Å². The van der Waals surface area contributed by atoms with Crippen LogP contribution in [-0.2, 0) is 14.6 Å². The van der Waals surface area contributed by atoms with Gasteiger partial charge in [0, 0.05) is 18.9 Å². The Bertz CT molecular complexity index is 310. The van der Waals surface area contributed by atoms with Gasteiger partial charge in [-0.25, -0.2) is 8.42 Å². The van der Waals surface area contributed by atoms with E-state index in [0.29, 0.717) is 6.10 Å². The molecule has 1 heterocycles. The maximum atomic E-state index is 11.4. The highest BCUT2D eigenvalue weighted by molar-refractivity contribution is 7.90. The smallest absolute Gasteiger partial charge is 0.148 e. The van der Waals surface area contributed by atoms with E-state index >= 15 is 0 Å². The van der Waals surface area contributed by atoms with E-state index in [1.807, 2.05) is 0 Å². The van der Waals surface area contributed by atoms with Gasteiger partial charge in [0.2, 0.25) is 0 Å². The Balaban J connectivity index is 2.25. The first-order valence-electron chi connectivity index (χ1n) is 7.04. The van der Waals surface area contributed by atoms with Gasteiger partial charge in [0.05, 0.1) is 11.9 Å². The summed E-state index contributed by atoms with van der Waals surface area (Å²) in [6.45, 7) is 3.88. The summed E-state index contributed by atoms with van der Waals surface area (Å²) in [4.78, 5) is 0. The zero-order chi connectivity index (χ0) is 13.4. The van der Waals surface area contributed by atoms with E-state index in [1.54, 1.807) is 0 Å². The molecule has 1 aliphatic heterocycles. The minimum absolute atomic E-state index is 0.0985. The third-order valence-corrected chi connectivity index (χ3v) is 4.30. The summed E-state index contributed by atoms with van der Waals surface area (Å²) in [5, 5.41) is 3.33. The molecule has 0 aromatic heterocycles.